The first-order chi connectivity index (χ1) is 20.6. The van der Waals surface area contributed by atoms with Crippen LogP contribution in [0.15, 0.2) is 97.1 Å². The van der Waals surface area contributed by atoms with Crippen molar-refractivity contribution in [2.24, 2.45) is 0 Å². The van der Waals surface area contributed by atoms with Gasteiger partial charge >= 0.3 is 37.4 Å². The fourth-order valence-corrected chi connectivity index (χ4v) is 4.57. The molecule has 0 aliphatic heterocycles. The first-order valence-corrected chi connectivity index (χ1v) is 14.1. The van der Waals surface area contributed by atoms with Crippen molar-refractivity contribution >= 4 is 31.5 Å². The zero-order chi connectivity index (χ0) is 31.0. The predicted octanol–water partition coefficient (Wildman–Crippen LogP) is 3.70. The molecule has 0 heterocycles. The van der Waals surface area contributed by atoms with Gasteiger partial charge in [0.2, 0.25) is 0 Å². The third kappa shape index (κ3) is 9.47. The van der Waals surface area contributed by atoms with Crippen LogP contribution in [0, 0.1) is 11.6 Å². The van der Waals surface area contributed by atoms with E-state index in [1.54, 1.807) is 12.1 Å². The fourth-order valence-electron chi connectivity index (χ4n) is 3.76. The Bertz CT molecular complexity index is 1610. The summed E-state index contributed by atoms with van der Waals surface area (Å²) in [5.41, 5.74) is 1.35. The maximum Gasteiger partial charge on any atom is 1.00 e. The summed E-state index contributed by atoms with van der Waals surface area (Å²) < 4.78 is 60.1. The Morgan fingerprint density at radius 3 is 1.34 bits per heavy atom. The minimum absolute atomic E-state index is 0. The number of phosphoric acid groups is 1. The molecule has 0 unspecified atom stereocenters. The van der Waals surface area contributed by atoms with Crippen molar-refractivity contribution in [1.82, 2.24) is 0 Å². The van der Waals surface area contributed by atoms with Crippen LogP contribution >= 0.6 is 7.82 Å². The van der Waals surface area contributed by atoms with Crippen molar-refractivity contribution in [3.8, 4) is 23.0 Å². The molecule has 12 heteroatoms. The van der Waals surface area contributed by atoms with Crippen LogP contribution < -0.4 is 53.0 Å². The van der Waals surface area contributed by atoms with Crippen LogP contribution in [-0.4, -0.2) is 25.8 Å². The number of ketones is 2. The number of methoxy groups -OCH3 is 2. The maximum atomic E-state index is 13.1. The maximum absolute atomic E-state index is 13.1. The molecule has 4 aromatic carbocycles. The number of phosphoric ester groups is 1. The van der Waals surface area contributed by atoms with Crippen molar-refractivity contribution in [2.45, 2.75) is 0 Å². The standard InChI is InChI=1S/C32H25F2O8P.Na/c1-39-29-17-5-21(3-15-27(35)23-7-11-25(33)12-8-23)19-31(29)41-43(37,38)42-32-20-22(6-18-30(32)40-2)4-16-28(36)24-9-13-26(34)14-10-24;/h3-20H,1-2H3,(H,37,38);/q;+1/p-1. The quantitative estimate of drug-likeness (QED) is 0.101. The molecule has 0 N–H and O–H groups in total. The van der Waals surface area contributed by atoms with Gasteiger partial charge in [0.15, 0.2) is 34.6 Å². The molecule has 4 aromatic rings. The van der Waals surface area contributed by atoms with E-state index in [2.05, 4.69) is 0 Å². The van der Waals surface area contributed by atoms with Gasteiger partial charge in [0.25, 0.3) is 0 Å². The summed E-state index contributed by atoms with van der Waals surface area (Å²) in [7, 11) is -2.46. The molecule has 0 saturated carbocycles. The molecule has 0 aliphatic rings. The molecule has 0 aliphatic carbocycles. The van der Waals surface area contributed by atoms with Gasteiger partial charge in [0.1, 0.15) is 11.6 Å². The first-order valence-electron chi connectivity index (χ1n) is 12.6. The molecule has 4 rings (SSSR count). The van der Waals surface area contributed by atoms with Crippen LogP contribution in [0.1, 0.15) is 31.8 Å². The Hall–Kier alpha value is -4.05. The summed E-state index contributed by atoms with van der Waals surface area (Å²) in [5, 5.41) is 0. The number of halogens is 2. The van der Waals surface area contributed by atoms with Gasteiger partial charge in [-0.3, -0.25) is 9.59 Å². The van der Waals surface area contributed by atoms with Gasteiger partial charge in [0, 0.05) is 11.1 Å². The van der Waals surface area contributed by atoms with E-state index in [-0.39, 0.29) is 63.7 Å². The van der Waals surface area contributed by atoms with Crippen LogP contribution in [0.5, 0.6) is 23.0 Å². The topological polar surface area (TPSA) is 111 Å². The van der Waals surface area contributed by atoms with Crippen LogP contribution in [0.4, 0.5) is 8.78 Å². The molecule has 8 nitrogen and oxygen atoms in total. The average molecular weight is 628 g/mol. The van der Waals surface area contributed by atoms with Gasteiger partial charge < -0.3 is 23.4 Å². The Kier molecular flexibility index (Phi) is 12.2. The Labute approximate surface area is 274 Å². The van der Waals surface area contributed by atoms with Gasteiger partial charge in [-0.2, -0.15) is 0 Å². The number of hydrogen-bond acceptors (Lipinski definition) is 8. The van der Waals surface area contributed by atoms with Crippen LogP contribution in [0.2, 0.25) is 0 Å². The van der Waals surface area contributed by atoms with E-state index < -0.39 is 31.0 Å². The summed E-state index contributed by atoms with van der Waals surface area (Å²) in [6.45, 7) is 0. The second kappa shape index (κ2) is 15.6. The fraction of sp³-hybridized carbons (Fsp3) is 0.0625. The van der Waals surface area contributed by atoms with Crippen LogP contribution in [-0.2, 0) is 4.57 Å². The van der Waals surface area contributed by atoms with Gasteiger partial charge in [0.05, 0.1) is 14.2 Å². The van der Waals surface area contributed by atoms with Crippen LogP contribution in [0.3, 0.4) is 0 Å². The van der Waals surface area contributed by atoms with Gasteiger partial charge in [-0.05, 0) is 96.1 Å². The molecule has 0 amide bonds. The molecule has 0 radical (unpaired) electrons. The van der Waals surface area contributed by atoms with E-state index in [1.807, 2.05) is 0 Å². The van der Waals surface area contributed by atoms with Crippen molar-refractivity contribution in [1.29, 1.82) is 0 Å². The van der Waals surface area contributed by atoms with E-state index in [1.165, 1.54) is 111 Å². The third-order valence-corrected chi connectivity index (χ3v) is 6.75. The van der Waals surface area contributed by atoms with E-state index in [0.717, 1.165) is 0 Å². The first kappa shape index (κ1) is 34.4. The number of hydrogen-bond donors (Lipinski definition) is 0. The predicted molar refractivity (Wildman–Crippen MR) is 154 cm³/mol. The normalized spacial score (nSPS) is 12.3. The van der Waals surface area contributed by atoms with Crippen molar-refractivity contribution in [3.63, 3.8) is 0 Å². The van der Waals surface area contributed by atoms with E-state index >= 15 is 0 Å². The molecule has 0 bridgehead atoms. The molecule has 220 valence electrons. The number of benzene rings is 4. The second-order valence-electron chi connectivity index (χ2n) is 8.86. The summed E-state index contributed by atoms with van der Waals surface area (Å²) >= 11 is 0. The smallest absolute Gasteiger partial charge is 0.736 e. The number of allylic oxidation sites excluding steroid dienone is 2. The van der Waals surface area contributed by atoms with Crippen molar-refractivity contribution in [3.05, 3.63) is 131 Å². The number of carbonyl (C=O) groups excluding carboxylic acids is 2. The van der Waals surface area contributed by atoms with E-state index in [9.17, 15) is 27.8 Å². The summed E-state index contributed by atoms with van der Waals surface area (Å²) in [6.07, 6.45) is 5.36. The van der Waals surface area contributed by atoms with E-state index in [0.29, 0.717) is 11.1 Å². The Morgan fingerprint density at radius 2 is 1.00 bits per heavy atom. The number of carbonyl (C=O) groups is 2. The molecule has 44 heavy (non-hydrogen) atoms. The average Bonchev–Trinajstić information content (AvgIpc) is 2.99. The molecular formula is C32H24F2NaO8P. The zero-order valence-corrected chi connectivity index (χ0v) is 26.8. The molecule has 0 atom stereocenters. The molecule has 0 saturated heterocycles. The van der Waals surface area contributed by atoms with Gasteiger partial charge in [-0.15, -0.1) is 0 Å². The monoisotopic (exact) mass is 628 g/mol. The molecule has 0 aromatic heterocycles. The Balaban J connectivity index is 0.00000529. The summed E-state index contributed by atoms with van der Waals surface area (Å²) in [6, 6.07) is 18.8. The third-order valence-electron chi connectivity index (χ3n) is 5.91. The molecule has 0 fully saturated rings. The van der Waals surface area contributed by atoms with Crippen molar-refractivity contribution < 1.29 is 75.9 Å². The minimum atomic E-state index is -5.10. The summed E-state index contributed by atoms with van der Waals surface area (Å²) in [4.78, 5) is 37.7. The Morgan fingerprint density at radius 1 is 0.636 bits per heavy atom. The molecular weight excluding hydrogens is 604 g/mol. The summed E-state index contributed by atoms with van der Waals surface area (Å²) in [5.74, 6) is -2.00. The second-order valence-corrected chi connectivity index (χ2v) is 10.1. The number of rotatable bonds is 12. The SMILES string of the molecule is COc1ccc(C=CC(=O)c2ccc(F)cc2)cc1OP(=O)([O-])Oc1cc(C=CC(=O)c2ccc(F)cc2)ccc1OC.[Na+]. The van der Waals surface area contributed by atoms with Gasteiger partial charge in [-0.1, -0.05) is 24.3 Å². The van der Waals surface area contributed by atoms with Crippen LogP contribution in [0.25, 0.3) is 12.2 Å². The van der Waals surface area contributed by atoms with Crippen molar-refractivity contribution in [2.75, 3.05) is 14.2 Å². The number of ether oxygens (including phenoxy) is 2. The zero-order valence-electron chi connectivity index (χ0n) is 23.9. The van der Waals surface area contributed by atoms with E-state index in [4.69, 9.17) is 18.5 Å². The largest absolute Gasteiger partial charge is 1.00 e. The van der Waals surface area contributed by atoms with Gasteiger partial charge in [-0.25, -0.2) is 13.3 Å². The molecule has 0 spiro atoms. The minimum Gasteiger partial charge on any atom is -0.736 e.